The molecule has 1 N–H and O–H groups in total. The molecule has 1 aliphatic rings. The molecular formula is C14H11BrClN3O. The van der Waals surface area contributed by atoms with Crippen LogP contribution in [-0.4, -0.2) is 22.8 Å². The van der Waals surface area contributed by atoms with Crippen LogP contribution in [0.2, 0.25) is 5.15 Å². The lowest BCUT2D eigenvalue weighted by Gasteiger charge is -2.35. The molecule has 0 saturated carbocycles. The van der Waals surface area contributed by atoms with Crippen molar-refractivity contribution in [1.82, 2.24) is 9.88 Å². The van der Waals surface area contributed by atoms with Gasteiger partial charge in [0.05, 0.1) is 11.3 Å². The highest BCUT2D eigenvalue weighted by Crippen LogP contribution is 2.36. The van der Waals surface area contributed by atoms with Crippen LogP contribution in [0.5, 0.6) is 0 Å². The van der Waals surface area contributed by atoms with Gasteiger partial charge in [-0.05, 0) is 27.6 Å². The average molecular weight is 353 g/mol. The standard InChI is InChI=1S/C14H11BrClN3O/c1-19-13(8-5-3-2-4-6-8)18-11-9(14(19)20)7-10(16)17-12(11)15/h2-7,13,18H,1H3. The van der Waals surface area contributed by atoms with Crippen molar-refractivity contribution < 1.29 is 4.79 Å². The lowest BCUT2D eigenvalue weighted by atomic mass is 10.1. The molecule has 1 amide bonds. The molecule has 3 rings (SSSR count). The summed E-state index contributed by atoms with van der Waals surface area (Å²) in [5.74, 6) is -0.0856. The summed E-state index contributed by atoms with van der Waals surface area (Å²) in [4.78, 5) is 18.3. The highest BCUT2D eigenvalue weighted by molar-refractivity contribution is 9.10. The van der Waals surface area contributed by atoms with Crippen molar-refractivity contribution in [2.45, 2.75) is 6.17 Å². The van der Waals surface area contributed by atoms with Gasteiger partial charge in [0, 0.05) is 7.05 Å². The quantitative estimate of drug-likeness (QED) is 0.796. The maximum atomic E-state index is 12.5. The lowest BCUT2D eigenvalue weighted by molar-refractivity contribution is 0.0735. The fourth-order valence-corrected chi connectivity index (χ4v) is 3.09. The number of hydrogen-bond donors (Lipinski definition) is 1. The highest BCUT2D eigenvalue weighted by atomic mass is 79.9. The molecule has 1 aromatic carbocycles. The van der Waals surface area contributed by atoms with E-state index in [-0.39, 0.29) is 17.2 Å². The number of carbonyl (C=O) groups excluding carboxylic acids is 1. The van der Waals surface area contributed by atoms with E-state index in [0.717, 1.165) is 5.56 Å². The second kappa shape index (κ2) is 5.07. The lowest BCUT2D eigenvalue weighted by Crippen LogP contribution is -2.40. The SMILES string of the molecule is CN1C(=O)c2cc(Cl)nc(Br)c2NC1c1ccccc1. The van der Waals surface area contributed by atoms with Gasteiger partial charge in [0.15, 0.2) is 0 Å². The number of pyridine rings is 1. The fourth-order valence-electron chi connectivity index (χ4n) is 2.27. The zero-order valence-corrected chi connectivity index (χ0v) is 12.9. The van der Waals surface area contributed by atoms with Gasteiger partial charge in [-0.2, -0.15) is 0 Å². The van der Waals surface area contributed by atoms with E-state index in [4.69, 9.17) is 11.6 Å². The van der Waals surface area contributed by atoms with E-state index >= 15 is 0 Å². The van der Waals surface area contributed by atoms with E-state index in [1.165, 1.54) is 0 Å². The van der Waals surface area contributed by atoms with E-state index in [9.17, 15) is 4.79 Å². The van der Waals surface area contributed by atoms with Crippen LogP contribution in [0.3, 0.4) is 0 Å². The number of nitrogens with zero attached hydrogens (tertiary/aromatic N) is 2. The summed E-state index contributed by atoms with van der Waals surface area (Å²) < 4.78 is 0.544. The zero-order chi connectivity index (χ0) is 14.3. The van der Waals surface area contributed by atoms with Gasteiger partial charge in [-0.25, -0.2) is 4.98 Å². The molecule has 0 fully saturated rings. The minimum atomic E-state index is -0.226. The summed E-state index contributed by atoms with van der Waals surface area (Å²) >= 11 is 9.26. The van der Waals surface area contributed by atoms with Gasteiger partial charge in [0.1, 0.15) is 15.9 Å². The smallest absolute Gasteiger partial charge is 0.257 e. The predicted molar refractivity (Wildman–Crippen MR) is 81.8 cm³/mol. The fraction of sp³-hybridized carbons (Fsp3) is 0.143. The topological polar surface area (TPSA) is 45.2 Å². The van der Waals surface area contributed by atoms with Gasteiger partial charge in [-0.15, -0.1) is 0 Å². The van der Waals surface area contributed by atoms with E-state index in [2.05, 4.69) is 26.2 Å². The first-order chi connectivity index (χ1) is 9.58. The molecule has 20 heavy (non-hydrogen) atoms. The third-order valence-electron chi connectivity index (χ3n) is 3.28. The van der Waals surface area contributed by atoms with Crippen LogP contribution in [0.25, 0.3) is 0 Å². The molecule has 0 aliphatic carbocycles. The Balaban J connectivity index is 2.09. The molecule has 0 bridgehead atoms. The molecule has 1 unspecified atom stereocenters. The Morgan fingerprint density at radius 1 is 1.35 bits per heavy atom. The van der Waals surface area contributed by atoms with Crippen LogP contribution in [0.1, 0.15) is 22.1 Å². The molecule has 2 aromatic rings. The van der Waals surface area contributed by atoms with E-state index < -0.39 is 0 Å². The normalized spacial score (nSPS) is 17.6. The molecule has 6 heteroatoms. The number of fused-ring (bicyclic) bond motifs is 1. The molecule has 2 heterocycles. The summed E-state index contributed by atoms with van der Waals surface area (Å²) in [5.41, 5.74) is 2.20. The minimum Gasteiger partial charge on any atom is -0.359 e. The predicted octanol–water partition coefficient (Wildman–Crippen LogP) is 3.69. The Morgan fingerprint density at radius 3 is 2.75 bits per heavy atom. The van der Waals surface area contributed by atoms with Crippen molar-refractivity contribution >= 4 is 39.1 Å². The number of amides is 1. The maximum Gasteiger partial charge on any atom is 0.257 e. The Morgan fingerprint density at radius 2 is 2.05 bits per heavy atom. The van der Waals surface area contributed by atoms with Crippen LogP contribution in [-0.2, 0) is 0 Å². The number of aromatic nitrogens is 1. The first-order valence-corrected chi connectivity index (χ1v) is 7.19. The van der Waals surface area contributed by atoms with Gasteiger partial charge >= 0.3 is 0 Å². The van der Waals surface area contributed by atoms with Crippen molar-refractivity contribution in [1.29, 1.82) is 0 Å². The summed E-state index contributed by atoms with van der Waals surface area (Å²) in [6.07, 6.45) is -0.226. The van der Waals surface area contributed by atoms with Crippen LogP contribution in [0, 0.1) is 0 Å². The molecule has 1 aromatic heterocycles. The maximum absolute atomic E-state index is 12.5. The number of carbonyl (C=O) groups is 1. The van der Waals surface area contributed by atoms with Crippen molar-refractivity contribution in [3.63, 3.8) is 0 Å². The van der Waals surface area contributed by atoms with Gasteiger partial charge in [0.2, 0.25) is 0 Å². The summed E-state index contributed by atoms with van der Waals surface area (Å²) in [6.45, 7) is 0. The van der Waals surface area contributed by atoms with Crippen molar-refractivity contribution in [3.8, 4) is 0 Å². The summed E-state index contributed by atoms with van der Waals surface area (Å²) in [7, 11) is 1.76. The number of anilines is 1. The number of halogens is 2. The Bertz CT molecular complexity index is 678. The number of benzene rings is 1. The number of hydrogen-bond acceptors (Lipinski definition) is 3. The van der Waals surface area contributed by atoms with Crippen molar-refractivity contribution in [3.05, 3.63) is 57.3 Å². The molecule has 0 spiro atoms. The highest BCUT2D eigenvalue weighted by Gasteiger charge is 2.32. The molecule has 1 atom stereocenters. The summed E-state index contributed by atoms with van der Waals surface area (Å²) in [6, 6.07) is 11.4. The second-order valence-corrected chi connectivity index (χ2v) is 5.67. The van der Waals surface area contributed by atoms with Gasteiger partial charge in [0.25, 0.3) is 5.91 Å². The van der Waals surface area contributed by atoms with E-state index in [1.54, 1.807) is 18.0 Å². The first kappa shape index (κ1) is 13.4. The van der Waals surface area contributed by atoms with Crippen LogP contribution >= 0.6 is 27.5 Å². The van der Waals surface area contributed by atoms with Crippen LogP contribution in [0.4, 0.5) is 5.69 Å². The molecule has 0 radical (unpaired) electrons. The number of rotatable bonds is 1. The van der Waals surface area contributed by atoms with Crippen LogP contribution < -0.4 is 5.32 Å². The largest absolute Gasteiger partial charge is 0.359 e. The second-order valence-electron chi connectivity index (χ2n) is 4.53. The van der Waals surface area contributed by atoms with Crippen molar-refractivity contribution in [2.75, 3.05) is 12.4 Å². The van der Waals surface area contributed by atoms with Crippen molar-refractivity contribution in [2.24, 2.45) is 0 Å². The van der Waals surface area contributed by atoms with Gasteiger partial charge < -0.3 is 10.2 Å². The monoisotopic (exact) mass is 351 g/mol. The van der Waals surface area contributed by atoms with Crippen LogP contribution in [0.15, 0.2) is 41.0 Å². The van der Waals surface area contributed by atoms with E-state index in [1.807, 2.05) is 30.3 Å². The molecule has 102 valence electrons. The third-order valence-corrected chi connectivity index (χ3v) is 4.05. The van der Waals surface area contributed by atoms with E-state index in [0.29, 0.717) is 15.9 Å². The number of nitrogens with one attached hydrogen (secondary N) is 1. The van der Waals surface area contributed by atoms with Gasteiger partial charge in [-0.1, -0.05) is 41.9 Å². The zero-order valence-electron chi connectivity index (χ0n) is 10.6. The molecular weight excluding hydrogens is 342 g/mol. The molecule has 4 nitrogen and oxygen atoms in total. The first-order valence-electron chi connectivity index (χ1n) is 6.02. The summed E-state index contributed by atoms with van der Waals surface area (Å²) in [5, 5.41) is 3.62. The molecule has 0 saturated heterocycles. The Hall–Kier alpha value is -1.59. The third kappa shape index (κ3) is 2.17. The minimum absolute atomic E-state index is 0.0856. The Labute approximate surface area is 129 Å². The average Bonchev–Trinajstić information content (AvgIpc) is 2.44. The van der Waals surface area contributed by atoms with Gasteiger partial charge in [-0.3, -0.25) is 4.79 Å². The molecule has 1 aliphatic heterocycles. The Kier molecular flexibility index (Phi) is 3.40.